The molecule has 6 heteroatoms. The maximum atomic E-state index is 13.4. The van der Waals surface area contributed by atoms with Crippen LogP contribution >= 0.6 is 0 Å². The number of carbonyl (C=O) groups is 1. The lowest BCUT2D eigenvalue weighted by molar-refractivity contribution is 0.102. The lowest BCUT2D eigenvalue weighted by atomic mass is 10.2. The lowest BCUT2D eigenvalue weighted by Crippen LogP contribution is -2.16. The summed E-state index contributed by atoms with van der Waals surface area (Å²) in [6.07, 6.45) is 1.52. The van der Waals surface area contributed by atoms with Gasteiger partial charge in [-0.3, -0.25) is 9.20 Å². The minimum atomic E-state index is -0.304. The Morgan fingerprint density at radius 3 is 2.76 bits per heavy atom. The number of imidazole rings is 1. The third-order valence-corrected chi connectivity index (χ3v) is 4.24. The Labute approximate surface area is 143 Å². The zero-order valence-electron chi connectivity index (χ0n) is 13.7. The van der Waals surface area contributed by atoms with Gasteiger partial charge in [0.15, 0.2) is 0 Å². The highest BCUT2D eigenvalue weighted by molar-refractivity contribution is 6.05. The average Bonchev–Trinajstić information content (AvgIpc) is 2.97. The monoisotopic (exact) mass is 334 g/mol. The Kier molecular flexibility index (Phi) is 3.46. The lowest BCUT2D eigenvalue weighted by Gasteiger charge is -2.10. The summed E-state index contributed by atoms with van der Waals surface area (Å²) in [5.74, 6) is -0.0503. The number of benzene rings is 2. The van der Waals surface area contributed by atoms with Crippen LogP contribution < -0.4 is 5.32 Å². The van der Waals surface area contributed by atoms with Gasteiger partial charge in [-0.05, 0) is 49.7 Å². The van der Waals surface area contributed by atoms with Crippen LogP contribution in [0.5, 0.6) is 0 Å². The van der Waals surface area contributed by atoms with Crippen molar-refractivity contribution in [3.05, 3.63) is 71.3 Å². The molecule has 1 amide bonds. The Morgan fingerprint density at radius 1 is 1.16 bits per heavy atom. The summed E-state index contributed by atoms with van der Waals surface area (Å²) in [7, 11) is 0. The van der Waals surface area contributed by atoms with E-state index >= 15 is 0 Å². The van der Waals surface area contributed by atoms with Gasteiger partial charge in [-0.25, -0.2) is 14.4 Å². The van der Waals surface area contributed by atoms with Gasteiger partial charge in [-0.15, -0.1) is 0 Å². The minimum absolute atomic E-state index is 0.296. The van der Waals surface area contributed by atoms with Gasteiger partial charge in [0.25, 0.3) is 5.91 Å². The molecule has 2 aromatic heterocycles. The second kappa shape index (κ2) is 5.66. The highest BCUT2D eigenvalue weighted by Crippen LogP contribution is 2.20. The van der Waals surface area contributed by atoms with Crippen molar-refractivity contribution < 1.29 is 9.18 Å². The van der Waals surface area contributed by atoms with Crippen LogP contribution in [0.1, 0.15) is 21.6 Å². The van der Waals surface area contributed by atoms with Crippen molar-refractivity contribution >= 4 is 28.4 Å². The molecule has 124 valence electrons. The number of nitrogens with zero attached hydrogens (tertiary/aromatic N) is 3. The van der Waals surface area contributed by atoms with Crippen molar-refractivity contribution in [1.29, 1.82) is 0 Å². The Bertz CT molecular complexity index is 1130. The number of rotatable bonds is 2. The Morgan fingerprint density at radius 2 is 1.96 bits per heavy atom. The van der Waals surface area contributed by atoms with E-state index < -0.39 is 0 Å². The molecule has 4 rings (SSSR count). The summed E-state index contributed by atoms with van der Waals surface area (Å²) < 4.78 is 15.2. The molecule has 0 saturated heterocycles. The fourth-order valence-electron chi connectivity index (χ4n) is 2.91. The smallest absolute Gasteiger partial charge is 0.259 e. The molecule has 0 bridgehead atoms. The summed E-state index contributed by atoms with van der Waals surface area (Å²) in [6.45, 7) is 3.51. The van der Waals surface area contributed by atoms with E-state index in [0.29, 0.717) is 22.6 Å². The molecule has 4 aromatic rings. The maximum absolute atomic E-state index is 13.4. The maximum Gasteiger partial charge on any atom is 0.259 e. The first-order valence-electron chi connectivity index (χ1n) is 7.85. The number of carbonyl (C=O) groups excluding carboxylic acids is 1. The molecule has 0 unspecified atom stereocenters. The van der Waals surface area contributed by atoms with Crippen LogP contribution in [0.2, 0.25) is 0 Å². The van der Waals surface area contributed by atoms with Crippen molar-refractivity contribution in [2.24, 2.45) is 0 Å². The first kappa shape index (κ1) is 15.3. The van der Waals surface area contributed by atoms with Gasteiger partial charge in [0.1, 0.15) is 5.82 Å². The number of nitrogens with one attached hydrogen (secondary N) is 1. The molecule has 0 radical (unpaired) electrons. The number of halogens is 1. The fraction of sp³-hybridized carbons (Fsp3) is 0.105. The van der Waals surface area contributed by atoms with Crippen LogP contribution in [0, 0.1) is 19.7 Å². The first-order valence-corrected chi connectivity index (χ1v) is 7.85. The van der Waals surface area contributed by atoms with Gasteiger partial charge >= 0.3 is 0 Å². The number of para-hydroxylation sites is 2. The molecular weight excluding hydrogens is 319 g/mol. The second-order valence-corrected chi connectivity index (χ2v) is 5.91. The number of fused-ring (bicyclic) bond motifs is 3. The van der Waals surface area contributed by atoms with Gasteiger partial charge in [0.2, 0.25) is 5.78 Å². The van der Waals surface area contributed by atoms with E-state index in [2.05, 4.69) is 15.3 Å². The third-order valence-electron chi connectivity index (χ3n) is 4.24. The van der Waals surface area contributed by atoms with E-state index in [0.717, 1.165) is 16.7 Å². The molecule has 0 aliphatic carbocycles. The highest BCUT2D eigenvalue weighted by Gasteiger charge is 2.16. The van der Waals surface area contributed by atoms with Gasteiger partial charge < -0.3 is 5.32 Å². The van der Waals surface area contributed by atoms with Crippen LogP contribution in [-0.4, -0.2) is 20.3 Å². The van der Waals surface area contributed by atoms with Gasteiger partial charge in [-0.2, -0.15) is 0 Å². The zero-order chi connectivity index (χ0) is 17.6. The quantitative estimate of drug-likeness (QED) is 0.605. The number of hydrogen-bond donors (Lipinski definition) is 1. The van der Waals surface area contributed by atoms with Crippen LogP contribution in [0.25, 0.3) is 16.8 Å². The molecule has 5 nitrogen and oxygen atoms in total. The first-order chi connectivity index (χ1) is 12.0. The molecule has 0 saturated carbocycles. The predicted molar refractivity (Wildman–Crippen MR) is 94.3 cm³/mol. The normalized spacial score (nSPS) is 11.2. The largest absolute Gasteiger partial charge is 0.322 e. The summed E-state index contributed by atoms with van der Waals surface area (Å²) in [5.41, 5.74) is 3.93. The SMILES string of the molecule is Cc1cc(NC(=O)c2cnc3nc4ccccc4n3c2C)ccc1F. The Balaban J connectivity index is 1.77. The predicted octanol–water partition coefficient (Wildman–Crippen LogP) is 3.89. The fourth-order valence-corrected chi connectivity index (χ4v) is 2.91. The molecule has 0 aliphatic heterocycles. The summed E-state index contributed by atoms with van der Waals surface area (Å²) in [6, 6.07) is 12.1. The number of hydrogen-bond acceptors (Lipinski definition) is 3. The van der Waals surface area contributed by atoms with E-state index in [-0.39, 0.29) is 11.7 Å². The zero-order valence-corrected chi connectivity index (χ0v) is 13.7. The molecule has 0 fully saturated rings. The molecule has 2 aromatic carbocycles. The van der Waals surface area contributed by atoms with Crippen molar-refractivity contribution in [2.45, 2.75) is 13.8 Å². The van der Waals surface area contributed by atoms with E-state index in [4.69, 9.17) is 0 Å². The molecule has 1 N–H and O–H groups in total. The molecule has 2 heterocycles. The van der Waals surface area contributed by atoms with E-state index in [9.17, 15) is 9.18 Å². The van der Waals surface area contributed by atoms with E-state index in [1.54, 1.807) is 13.0 Å². The van der Waals surface area contributed by atoms with Gasteiger partial charge in [0, 0.05) is 17.6 Å². The van der Waals surface area contributed by atoms with E-state index in [1.807, 2.05) is 35.6 Å². The summed E-state index contributed by atoms with van der Waals surface area (Å²) in [4.78, 5) is 21.4. The van der Waals surface area contributed by atoms with Crippen molar-refractivity contribution in [3.8, 4) is 0 Å². The molecule has 0 atom stereocenters. The van der Waals surface area contributed by atoms with Crippen molar-refractivity contribution in [3.63, 3.8) is 0 Å². The molecule has 0 aliphatic rings. The summed E-state index contributed by atoms with van der Waals surface area (Å²) >= 11 is 0. The standard InChI is InChI=1S/C19H15FN4O/c1-11-9-13(7-8-15(11)20)22-18(25)14-10-21-19-23-16-5-3-4-6-17(16)24(19)12(14)2/h3-10H,1-2H3,(H,22,25). The topological polar surface area (TPSA) is 59.3 Å². The van der Waals surface area contributed by atoms with Crippen molar-refractivity contribution in [2.75, 3.05) is 5.32 Å². The number of aromatic nitrogens is 3. The second-order valence-electron chi connectivity index (χ2n) is 5.91. The number of anilines is 1. The Hall–Kier alpha value is -3.28. The van der Waals surface area contributed by atoms with E-state index in [1.165, 1.54) is 18.3 Å². The average molecular weight is 334 g/mol. The van der Waals surface area contributed by atoms with Crippen LogP contribution in [0.15, 0.2) is 48.7 Å². The molecule has 0 spiro atoms. The minimum Gasteiger partial charge on any atom is -0.322 e. The molecular formula is C19H15FN4O. The van der Waals surface area contributed by atoms with Crippen molar-refractivity contribution in [1.82, 2.24) is 14.4 Å². The molecule has 25 heavy (non-hydrogen) atoms. The number of amides is 1. The summed E-state index contributed by atoms with van der Waals surface area (Å²) in [5, 5.41) is 2.79. The van der Waals surface area contributed by atoms with Gasteiger partial charge in [-0.1, -0.05) is 12.1 Å². The number of aryl methyl sites for hydroxylation is 2. The van der Waals surface area contributed by atoms with Crippen LogP contribution in [0.3, 0.4) is 0 Å². The van der Waals surface area contributed by atoms with Crippen LogP contribution in [0.4, 0.5) is 10.1 Å². The highest BCUT2D eigenvalue weighted by atomic mass is 19.1. The third kappa shape index (κ3) is 2.52. The van der Waals surface area contributed by atoms with Gasteiger partial charge in [0.05, 0.1) is 16.6 Å². The van der Waals surface area contributed by atoms with Crippen LogP contribution in [-0.2, 0) is 0 Å².